The SMILES string of the molecule is CC[C@H](C)C[C@H](C)/C=C/C(=O)O[C@@H]1[C@H]2OC/C(=C\[C@H](C)Cc3ccccc3)CC[C@@]23OC[C@@](O)(C(=O)OC)[C@]1(C(=O)OC)O3. The second-order valence-corrected chi connectivity index (χ2v) is 12.4. The molecule has 3 aliphatic heterocycles. The fourth-order valence-corrected chi connectivity index (χ4v) is 6.55. The predicted octanol–water partition coefficient (Wildman–Crippen LogP) is 4.08. The summed E-state index contributed by atoms with van der Waals surface area (Å²) in [4.78, 5) is 39.9. The first kappa shape index (κ1) is 33.8. The number of rotatable bonds is 11. The molecule has 8 atom stereocenters. The third kappa shape index (κ3) is 6.49. The maximum absolute atomic E-state index is 13.6. The van der Waals surface area contributed by atoms with E-state index in [1.807, 2.05) is 25.1 Å². The van der Waals surface area contributed by atoms with Gasteiger partial charge in [-0.15, -0.1) is 0 Å². The fraction of sp³-hybridized carbons (Fsp3) is 0.618. The fourth-order valence-electron chi connectivity index (χ4n) is 6.55. The van der Waals surface area contributed by atoms with Crippen molar-refractivity contribution in [3.05, 3.63) is 59.7 Å². The summed E-state index contributed by atoms with van der Waals surface area (Å²) >= 11 is 0. The van der Waals surface area contributed by atoms with Crippen molar-refractivity contribution < 1.29 is 47.9 Å². The van der Waals surface area contributed by atoms with Crippen molar-refractivity contribution in [3.8, 4) is 0 Å². The lowest BCUT2D eigenvalue weighted by atomic mass is 9.78. The molecule has 10 heteroatoms. The molecular formula is C34H46O10. The molecule has 1 aromatic rings. The Bertz CT molecular complexity index is 1240. The number of esters is 3. The van der Waals surface area contributed by atoms with E-state index >= 15 is 0 Å². The molecule has 10 nitrogen and oxygen atoms in total. The van der Waals surface area contributed by atoms with Crippen LogP contribution in [0.15, 0.2) is 54.1 Å². The highest BCUT2D eigenvalue weighted by Crippen LogP contribution is 2.56. The van der Waals surface area contributed by atoms with Crippen LogP contribution >= 0.6 is 0 Å². The van der Waals surface area contributed by atoms with E-state index in [1.54, 1.807) is 6.08 Å². The Kier molecular flexibility index (Phi) is 10.7. The lowest BCUT2D eigenvalue weighted by Crippen LogP contribution is -2.74. The van der Waals surface area contributed by atoms with Crippen LogP contribution in [0.5, 0.6) is 0 Å². The summed E-state index contributed by atoms with van der Waals surface area (Å²) in [5.41, 5.74) is -2.97. The normalized spacial score (nSPS) is 32.8. The summed E-state index contributed by atoms with van der Waals surface area (Å²) in [7, 11) is 2.16. The standard InChI is InChI=1S/C34H46O10/c1-7-22(2)17-23(3)13-14-27(35)43-29-28-33(42-21-32(38,30(36)39-5)34(29,44-33)31(37)40-6)16-15-26(20-41-28)19-24(4)18-25-11-9-8-10-12-25/h8-14,19,22-24,28-29,38H,7,15-18,20-21H2,1-6H3/b14-13+,26-19-/t22-,23+,24+,28+,29+,32+,33-,34-/m0/s1. The minimum atomic E-state index is -2.68. The summed E-state index contributed by atoms with van der Waals surface area (Å²) in [6, 6.07) is 10.2. The van der Waals surface area contributed by atoms with Crippen LogP contribution in [0.4, 0.5) is 0 Å². The maximum Gasteiger partial charge on any atom is 0.346 e. The van der Waals surface area contributed by atoms with E-state index in [9.17, 15) is 19.5 Å². The van der Waals surface area contributed by atoms with Crippen molar-refractivity contribution in [2.75, 3.05) is 27.4 Å². The first-order chi connectivity index (χ1) is 20.9. The Balaban J connectivity index is 1.66. The van der Waals surface area contributed by atoms with Crippen LogP contribution in [0.25, 0.3) is 0 Å². The zero-order valence-corrected chi connectivity index (χ0v) is 26.6. The molecule has 2 bridgehead atoms. The molecule has 0 amide bonds. The number of ether oxygens (including phenoxy) is 6. The van der Waals surface area contributed by atoms with Gasteiger partial charge >= 0.3 is 17.9 Å². The minimum Gasteiger partial charge on any atom is -0.467 e. The first-order valence-electron chi connectivity index (χ1n) is 15.4. The molecule has 44 heavy (non-hydrogen) atoms. The van der Waals surface area contributed by atoms with Crippen LogP contribution in [0, 0.1) is 17.8 Å². The summed E-state index contributed by atoms with van der Waals surface area (Å²) in [6.45, 7) is 7.85. The number of benzene rings is 1. The molecule has 3 fully saturated rings. The largest absolute Gasteiger partial charge is 0.467 e. The highest BCUT2D eigenvalue weighted by molar-refractivity contribution is 5.95. The van der Waals surface area contributed by atoms with E-state index in [0.717, 1.165) is 39.1 Å². The number of methoxy groups -OCH3 is 2. The van der Waals surface area contributed by atoms with Crippen LogP contribution in [-0.2, 0) is 49.2 Å². The Labute approximate surface area is 259 Å². The molecule has 3 aliphatic rings. The van der Waals surface area contributed by atoms with Gasteiger partial charge in [-0.3, -0.25) is 0 Å². The molecule has 3 heterocycles. The topological polar surface area (TPSA) is 127 Å². The number of carbonyl (C=O) groups is 3. The smallest absolute Gasteiger partial charge is 0.346 e. The average Bonchev–Trinajstić information content (AvgIpc) is 3.12. The first-order valence-corrected chi connectivity index (χ1v) is 15.4. The average molecular weight is 615 g/mol. The van der Waals surface area contributed by atoms with E-state index in [-0.39, 0.29) is 24.9 Å². The van der Waals surface area contributed by atoms with Gasteiger partial charge in [0, 0.05) is 12.5 Å². The second kappa shape index (κ2) is 13.9. The molecular weight excluding hydrogens is 568 g/mol. The van der Waals surface area contributed by atoms with Gasteiger partial charge in [0.05, 0.1) is 27.4 Å². The number of hydrogen-bond donors (Lipinski definition) is 1. The summed E-state index contributed by atoms with van der Waals surface area (Å²) in [5.74, 6) is -3.92. The van der Waals surface area contributed by atoms with Crippen molar-refractivity contribution >= 4 is 17.9 Å². The molecule has 0 aromatic heterocycles. The zero-order chi connectivity index (χ0) is 32.1. The Morgan fingerprint density at radius 2 is 1.77 bits per heavy atom. The summed E-state index contributed by atoms with van der Waals surface area (Å²) in [5, 5.41) is 11.7. The molecule has 242 valence electrons. The molecule has 1 spiro atoms. The zero-order valence-electron chi connectivity index (χ0n) is 26.6. The van der Waals surface area contributed by atoms with Gasteiger partial charge in [-0.1, -0.05) is 76.6 Å². The second-order valence-electron chi connectivity index (χ2n) is 12.4. The van der Waals surface area contributed by atoms with Crippen LogP contribution in [-0.4, -0.2) is 79.6 Å². The quantitative estimate of drug-likeness (QED) is 0.169. The van der Waals surface area contributed by atoms with Crippen molar-refractivity contribution in [2.45, 2.75) is 89.0 Å². The lowest BCUT2D eigenvalue weighted by molar-refractivity contribution is -0.355. The van der Waals surface area contributed by atoms with Crippen molar-refractivity contribution in [1.82, 2.24) is 0 Å². The Hall–Kier alpha value is -3.05. The van der Waals surface area contributed by atoms with Gasteiger partial charge in [-0.05, 0) is 48.2 Å². The van der Waals surface area contributed by atoms with E-state index in [1.165, 1.54) is 11.6 Å². The number of allylic oxidation sites excluding steroid dienone is 2. The molecule has 0 unspecified atom stereocenters. The number of aliphatic hydroxyl groups is 1. The van der Waals surface area contributed by atoms with Gasteiger partial charge in [-0.2, -0.15) is 0 Å². The third-order valence-corrected chi connectivity index (χ3v) is 9.03. The molecule has 0 radical (unpaired) electrons. The lowest BCUT2D eigenvalue weighted by Gasteiger charge is -2.46. The molecule has 0 aliphatic carbocycles. The Morgan fingerprint density at radius 3 is 2.43 bits per heavy atom. The van der Waals surface area contributed by atoms with E-state index in [2.05, 4.69) is 39.0 Å². The predicted molar refractivity (Wildman–Crippen MR) is 160 cm³/mol. The van der Waals surface area contributed by atoms with Gasteiger partial charge in [0.2, 0.25) is 17.0 Å². The maximum atomic E-state index is 13.6. The van der Waals surface area contributed by atoms with Gasteiger partial charge in [-0.25, -0.2) is 14.4 Å². The molecule has 1 N–H and O–H groups in total. The molecule has 4 rings (SSSR count). The van der Waals surface area contributed by atoms with Crippen LogP contribution in [0.1, 0.15) is 58.9 Å². The highest BCUT2D eigenvalue weighted by Gasteiger charge is 2.83. The number of carbonyl (C=O) groups excluding carboxylic acids is 3. The van der Waals surface area contributed by atoms with Crippen molar-refractivity contribution in [3.63, 3.8) is 0 Å². The van der Waals surface area contributed by atoms with Gasteiger partial charge in [0.1, 0.15) is 0 Å². The third-order valence-electron chi connectivity index (χ3n) is 9.03. The molecule has 3 saturated heterocycles. The van der Waals surface area contributed by atoms with Crippen LogP contribution in [0.2, 0.25) is 0 Å². The van der Waals surface area contributed by atoms with Gasteiger partial charge in [0.15, 0.2) is 12.2 Å². The van der Waals surface area contributed by atoms with Gasteiger partial charge in [0.25, 0.3) is 0 Å². The van der Waals surface area contributed by atoms with Crippen molar-refractivity contribution in [2.24, 2.45) is 17.8 Å². The summed E-state index contributed by atoms with van der Waals surface area (Å²) < 4.78 is 34.5. The van der Waals surface area contributed by atoms with Gasteiger partial charge < -0.3 is 33.5 Å². The van der Waals surface area contributed by atoms with Crippen LogP contribution < -0.4 is 0 Å². The number of fused-ring (bicyclic) bond motifs is 1. The molecule has 1 aromatic carbocycles. The monoisotopic (exact) mass is 614 g/mol. The summed E-state index contributed by atoms with van der Waals surface area (Å²) in [6.07, 6.45) is 5.85. The number of hydrogen-bond acceptors (Lipinski definition) is 10. The van der Waals surface area contributed by atoms with Crippen LogP contribution in [0.3, 0.4) is 0 Å². The molecule has 0 saturated carbocycles. The Morgan fingerprint density at radius 1 is 1.07 bits per heavy atom. The van der Waals surface area contributed by atoms with E-state index in [4.69, 9.17) is 28.4 Å². The van der Waals surface area contributed by atoms with Crippen molar-refractivity contribution in [1.29, 1.82) is 0 Å². The van der Waals surface area contributed by atoms with E-state index < -0.39 is 53.7 Å². The highest BCUT2D eigenvalue weighted by atomic mass is 16.8. The minimum absolute atomic E-state index is 0.0903. The van der Waals surface area contributed by atoms with E-state index in [0.29, 0.717) is 12.3 Å².